The van der Waals surface area contributed by atoms with E-state index in [1.165, 1.54) is 5.57 Å². The van der Waals surface area contributed by atoms with Crippen molar-refractivity contribution in [3.05, 3.63) is 59.1 Å². The van der Waals surface area contributed by atoms with Crippen molar-refractivity contribution in [3.8, 4) is 5.75 Å². The molecule has 0 aliphatic carbocycles. The molecule has 0 saturated heterocycles. The standard InChI is InChI=1S/C22H30N2O3/c1-17(12-20-6-5-10-26-20)14-24-9-11-27-21-8-7-19(13-18(21)15-24)22(2,25)16-23(3)4/h5-8,10,12-13,25H,9,11,14-16H2,1-4H3/b17-12+. The predicted molar refractivity (Wildman–Crippen MR) is 108 cm³/mol. The van der Waals surface area contributed by atoms with Crippen LogP contribution in [0.1, 0.15) is 30.7 Å². The summed E-state index contributed by atoms with van der Waals surface area (Å²) in [5.41, 5.74) is 2.38. The fraction of sp³-hybridized carbons (Fsp3) is 0.455. The van der Waals surface area contributed by atoms with Crippen molar-refractivity contribution >= 4 is 6.08 Å². The van der Waals surface area contributed by atoms with Gasteiger partial charge in [0, 0.05) is 31.7 Å². The highest BCUT2D eigenvalue weighted by atomic mass is 16.5. The molecule has 1 aromatic carbocycles. The van der Waals surface area contributed by atoms with Crippen molar-refractivity contribution in [1.29, 1.82) is 0 Å². The van der Waals surface area contributed by atoms with E-state index >= 15 is 0 Å². The Bertz CT molecular complexity index is 779. The topological polar surface area (TPSA) is 49.1 Å². The maximum atomic E-state index is 10.9. The first-order chi connectivity index (χ1) is 12.8. The van der Waals surface area contributed by atoms with E-state index in [2.05, 4.69) is 24.0 Å². The minimum atomic E-state index is -0.898. The molecule has 0 fully saturated rings. The normalized spacial score (nSPS) is 17.9. The smallest absolute Gasteiger partial charge is 0.126 e. The predicted octanol–water partition coefficient (Wildman–Crippen LogP) is 3.35. The fourth-order valence-corrected chi connectivity index (χ4v) is 3.64. The Morgan fingerprint density at radius 2 is 2.15 bits per heavy atom. The SMILES string of the molecule is C/C(=C\c1ccco1)CN1CCOc2ccc(C(C)(O)CN(C)C)cc2C1. The zero-order valence-corrected chi connectivity index (χ0v) is 16.7. The Kier molecular flexibility index (Phi) is 6.05. The molecule has 1 unspecified atom stereocenters. The third kappa shape index (κ3) is 5.22. The van der Waals surface area contributed by atoms with Crippen LogP contribution < -0.4 is 4.74 Å². The molecule has 0 amide bonds. The summed E-state index contributed by atoms with van der Waals surface area (Å²) in [7, 11) is 3.94. The van der Waals surface area contributed by atoms with Crippen LogP contribution in [0.2, 0.25) is 0 Å². The van der Waals surface area contributed by atoms with Crippen LogP contribution in [0.4, 0.5) is 0 Å². The average Bonchev–Trinajstić information content (AvgIpc) is 2.99. The molecule has 3 rings (SSSR count). The number of benzene rings is 1. The number of furan rings is 1. The molecule has 146 valence electrons. The molecule has 5 nitrogen and oxygen atoms in total. The number of ether oxygens (including phenoxy) is 1. The van der Waals surface area contributed by atoms with Gasteiger partial charge in [-0.3, -0.25) is 4.90 Å². The van der Waals surface area contributed by atoms with E-state index in [9.17, 15) is 5.11 Å². The molecule has 1 aliphatic heterocycles. The summed E-state index contributed by atoms with van der Waals surface area (Å²) in [6, 6.07) is 9.91. The number of fused-ring (bicyclic) bond motifs is 1. The molecule has 27 heavy (non-hydrogen) atoms. The van der Waals surface area contributed by atoms with Crippen LogP contribution in [0.5, 0.6) is 5.75 Å². The molecule has 5 heteroatoms. The van der Waals surface area contributed by atoms with Gasteiger partial charge in [0.05, 0.1) is 11.9 Å². The van der Waals surface area contributed by atoms with Crippen molar-refractivity contribution < 1.29 is 14.3 Å². The summed E-state index contributed by atoms with van der Waals surface area (Å²) in [5.74, 6) is 1.79. The van der Waals surface area contributed by atoms with Crippen molar-refractivity contribution in [2.75, 3.05) is 40.3 Å². The van der Waals surface area contributed by atoms with Crippen molar-refractivity contribution in [1.82, 2.24) is 9.80 Å². The summed E-state index contributed by atoms with van der Waals surface area (Å²) in [6.07, 6.45) is 3.77. The second kappa shape index (κ2) is 8.30. The lowest BCUT2D eigenvalue weighted by Gasteiger charge is -2.28. The zero-order valence-electron chi connectivity index (χ0n) is 16.7. The Hall–Kier alpha value is -2.08. The Morgan fingerprint density at radius 1 is 1.33 bits per heavy atom. The second-order valence-electron chi connectivity index (χ2n) is 7.90. The van der Waals surface area contributed by atoms with Crippen LogP contribution in [0.3, 0.4) is 0 Å². The van der Waals surface area contributed by atoms with Gasteiger partial charge in [0.1, 0.15) is 18.1 Å². The van der Waals surface area contributed by atoms with E-state index in [1.54, 1.807) is 6.26 Å². The third-order valence-electron chi connectivity index (χ3n) is 4.77. The summed E-state index contributed by atoms with van der Waals surface area (Å²) in [4.78, 5) is 4.36. The van der Waals surface area contributed by atoms with Crippen LogP contribution in [-0.4, -0.2) is 55.2 Å². The minimum absolute atomic E-state index is 0.571. The first-order valence-corrected chi connectivity index (χ1v) is 9.40. The van der Waals surface area contributed by atoms with Crippen LogP contribution in [0.15, 0.2) is 46.6 Å². The Labute approximate surface area is 161 Å². The summed E-state index contributed by atoms with van der Waals surface area (Å²) in [5, 5.41) is 10.9. The summed E-state index contributed by atoms with van der Waals surface area (Å²) in [6.45, 7) is 7.72. The molecule has 0 spiro atoms. The molecule has 2 aromatic rings. The molecule has 1 aromatic heterocycles. The maximum absolute atomic E-state index is 10.9. The zero-order chi connectivity index (χ0) is 19.4. The molecule has 1 aliphatic rings. The van der Waals surface area contributed by atoms with Gasteiger partial charge in [-0.2, -0.15) is 0 Å². The number of hydrogen-bond donors (Lipinski definition) is 1. The first kappa shape index (κ1) is 19.7. The lowest BCUT2D eigenvalue weighted by molar-refractivity contribution is 0.0299. The Morgan fingerprint density at radius 3 is 2.85 bits per heavy atom. The lowest BCUT2D eigenvalue weighted by atomic mass is 9.93. The highest BCUT2D eigenvalue weighted by Crippen LogP contribution is 2.30. The molecule has 1 N–H and O–H groups in total. The summed E-state index contributed by atoms with van der Waals surface area (Å²) < 4.78 is 11.4. The molecule has 0 saturated carbocycles. The van der Waals surface area contributed by atoms with E-state index in [1.807, 2.05) is 50.2 Å². The van der Waals surface area contributed by atoms with Gasteiger partial charge in [-0.1, -0.05) is 11.6 Å². The molecule has 1 atom stereocenters. The van der Waals surface area contributed by atoms with Crippen LogP contribution in [0, 0.1) is 0 Å². The second-order valence-corrected chi connectivity index (χ2v) is 7.90. The number of nitrogens with zero attached hydrogens (tertiary/aromatic N) is 2. The van der Waals surface area contributed by atoms with Gasteiger partial charge >= 0.3 is 0 Å². The van der Waals surface area contributed by atoms with Crippen LogP contribution in [0.25, 0.3) is 6.08 Å². The van der Waals surface area contributed by atoms with Crippen molar-refractivity contribution in [2.45, 2.75) is 26.0 Å². The number of likely N-dealkylation sites (N-methyl/N-ethyl adjacent to an activating group) is 1. The molecule has 2 heterocycles. The number of aliphatic hydroxyl groups is 1. The molecular formula is C22H30N2O3. The van der Waals surface area contributed by atoms with Gasteiger partial charge in [0.25, 0.3) is 0 Å². The van der Waals surface area contributed by atoms with Gasteiger partial charge in [0.15, 0.2) is 0 Å². The molecule has 0 radical (unpaired) electrons. The van der Waals surface area contributed by atoms with Gasteiger partial charge in [0.2, 0.25) is 0 Å². The highest BCUT2D eigenvalue weighted by Gasteiger charge is 2.26. The van der Waals surface area contributed by atoms with Crippen LogP contribution >= 0.6 is 0 Å². The molecular weight excluding hydrogens is 340 g/mol. The number of hydrogen-bond acceptors (Lipinski definition) is 5. The van der Waals surface area contributed by atoms with E-state index in [0.29, 0.717) is 13.2 Å². The van der Waals surface area contributed by atoms with E-state index in [-0.39, 0.29) is 0 Å². The van der Waals surface area contributed by atoms with Crippen molar-refractivity contribution in [3.63, 3.8) is 0 Å². The first-order valence-electron chi connectivity index (χ1n) is 9.40. The average molecular weight is 370 g/mol. The van der Waals surface area contributed by atoms with Gasteiger partial charge in [-0.05, 0) is 63.8 Å². The monoisotopic (exact) mass is 370 g/mol. The Balaban J connectivity index is 1.76. The van der Waals surface area contributed by atoms with Gasteiger partial charge in [-0.25, -0.2) is 0 Å². The lowest BCUT2D eigenvalue weighted by Crippen LogP contribution is -2.34. The number of rotatable bonds is 6. The third-order valence-corrected chi connectivity index (χ3v) is 4.77. The van der Waals surface area contributed by atoms with Gasteiger partial charge in [-0.15, -0.1) is 0 Å². The largest absolute Gasteiger partial charge is 0.492 e. The van der Waals surface area contributed by atoms with Crippen LogP contribution in [-0.2, 0) is 12.1 Å². The molecule has 0 bridgehead atoms. The van der Waals surface area contributed by atoms with Gasteiger partial charge < -0.3 is 19.2 Å². The van der Waals surface area contributed by atoms with E-state index < -0.39 is 5.60 Å². The fourth-order valence-electron chi connectivity index (χ4n) is 3.64. The quantitative estimate of drug-likeness (QED) is 0.845. The maximum Gasteiger partial charge on any atom is 0.126 e. The van der Waals surface area contributed by atoms with E-state index in [0.717, 1.165) is 42.3 Å². The summed E-state index contributed by atoms with van der Waals surface area (Å²) >= 11 is 0. The van der Waals surface area contributed by atoms with E-state index in [4.69, 9.17) is 9.15 Å². The highest BCUT2D eigenvalue weighted by molar-refractivity contribution is 5.47. The van der Waals surface area contributed by atoms with Crippen molar-refractivity contribution in [2.24, 2.45) is 0 Å². The minimum Gasteiger partial charge on any atom is -0.492 e.